The summed E-state index contributed by atoms with van der Waals surface area (Å²) < 4.78 is 5.39. The van der Waals surface area contributed by atoms with Crippen LogP contribution in [0, 0.1) is 6.92 Å². The van der Waals surface area contributed by atoms with Crippen molar-refractivity contribution in [2.24, 2.45) is 0 Å². The Bertz CT molecular complexity index is 575. The van der Waals surface area contributed by atoms with Gasteiger partial charge in [-0.3, -0.25) is 0 Å². The van der Waals surface area contributed by atoms with Crippen molar-refractivity contribution < 1.29 is 14.6 Å². The van der Waals surface area contributed by atoms with E-state index in [-0.39, 0.29) is 5.69 Å². The molecule has 0 radical (unpaired) electrons. The van der Waals surface area contributed by atoms with Gasteiger partial charge in [0.1, 0.15) is 11.6 Å². The van der Waals surface area contributed by atoms with E-state index in [1.165, 1.54) is 0 Å². The number of aromatic carboxylic acids is 1. The monoisotopic (exact) mass is 246 g/mol. The SMILES string of the molecule is CCOc1cccc(-c2nc(C(=O)O)c(C)[nH]2)c1. The Morgan fingerprint density at radius 3 is 2.89 bits per heavy atom. The number of aryl methyl sites for hydroxylation is 1. The lowest BCUT2D eigenvalue weighted by atomic mass is 10.2. The van der Waals surface area contributed by atoms with Crippen molar-refractivity contribution in [3.05, 3.63) is 35.7 Å². The number of nitrogens with one attached hydrogen (secondary N) is 1. The average Bonchev–Trinajstić information content (AvgIpc) is 2.72. The van der Waals surface area contributed by atoms with E-state index in [4.69, 9.17) is 9.84 Å². The molecule has 2 N–H and O–H groups in total. The Labute approximate surface area is 104 Å². The normalized spacial score (nSPS) is 10.3. The molecule has 2 aromatic rings. The van der Waals surface area contributed by atoms with Crippen LogP contribution in [0.5, 0.6) is 5.75 Å². The van der Waals surface area contributed by atoms with Gasteiger partial charge in [-0.25, -0.2) is 9.78 Å². The lowest BCUT2D eigenvalue weighted by Gasteiger charge is -2.03. The van der Waals surface area contributed by atoms with E-state index in [9.17, 15) is 4.79 Å². The molecule has 0 saturated heterocycles. The Hall–Kier alpha value is -2.30. The van der Waals surface area contributed by atoms with Gasteiger partial charge >= 0.3 is 5.97 Å². The molecule has 0 amide bonds. The van der Waals surface area contributed by atoms with Gasteiger partial charge in [-0.1, -0.05) is 12.1 Å². The number of aromatic amines is 1. The lowest BCUT2D eigenvalue weighted by molar-refractivity contribution is 0.0690. The Morgan fingerprint density at radius 1 is 1.50 bits per heavy atom. The highest BCUT2D eigenvalue weighted by Crippen LogP contribution is 2.22. The molecular weight excluding hydrogens is 232 g/mol. The number of hydrogen-bond acceptors (Lipinski definition) is 3. The largest absolute Gasteiger partial charge is 0.494 e. The van der Waals surface area contributed by atoms with Gasteiger partial charge in [-0.05, 0) is 26.0 Å². The van der Waals surface area contributed by atoms with Gasteiger partial charge < -0.3 is 14.8 Å². The highest BCUT2D eigenvalue weighted by atomic mass is 16.5. The molecule has 0 atom stereocenters. The number of ether oxygens (including phenoxy) is 1. The number of H-pyrrole nitrogens is 1. The molecular formula is C13H14N2O3. The van der Waals surface area contributed by atoms with Crippen molar-refractivity contribution >= 4 is 5.97 Å². The van der Waals surface area contributed by atoms with Crippen molar-refractivity contribution in [3.8, 4) is 17.1 Å². The highest BCUT2D eigenvalue weighted by molar-refractivity contribution is 5.87. The van der Waals surface area contributed by atoms with Crippen molar-refractivity contribution in [2.75, 3.05) is 6.61 Å². The van der Waals surface area contributed by atoms with Gasteiger partial charge in [0.15, 0.2) is 5.69 Å². The number of carboxylic acids is 1. The van der Waals surface area contributed by atoms with E-state index in [0.717, 1.165) is 11.3 Å². The maximum absolute atomic E-state index is 10.9. The summed E-state index contributed by atoms with van der Waals surface area (Å²) in [5.41, 5.74) is 1.39. The van der Waals surface area contributed by atoms with Gasteiger partial charge in [-0.2, -0.15) is 0 Å². The van der Waals surface area contributed by atoms with Crippen molar-refractivity contribution in [1.82, 2.24) is 9.97 Å². The maximum Gasteiger partial charge on any atom is 0.356 e. The Kier molecular flexibility index (Phi) is 3.32. The molecule has 18 heavy (non-hydrogen) atoms. The minimum atomic E-state index is -1.03. The third-order valence-corrected chi connectivity index (χ3v) is 2.51. The summed E-state index contributed by atoms with van der Waals surface area (Å²) in [5.74, 6) is 0.239. The third-order valence-electron chi connectivity index (χ3n) is 2.51. The fourth-order valence-corrected chi connectivity index (χ4v) is 1.71. The highest BCUT2D eigenvalue weighted by Gasteiger charge is 2.14. The predicted octanol–water partition coefficient (Wildman–Crippen LogP) is 2.48. The molecule has 0 aliphatic carbocycles. The zero-order valence-corrected chi connectivity index (χ0v) is 10.2. The van der Waals surface area contributed by atoms with Crippen LogP contribution in [0.25, 0.3) is 11.4 Å². The zero-order valence-electron chi connectivity index (χ0n) is 10.2. The number of carbonyl (C=O) groups is 1. The van der Waals surface area contributed by atoms with Crippen molar-refractivity contribution in [3.63, 3.8) is 0 Å². The van der Waals surface area contributed by atoms with Crippen molar-refractivity contribution in [1.29, 1.82) is 0 Å². The van der Waals surface area contributed by atoms with E-state index in [1.807, 2.05) is 31.2 Å². The van der Waals surface area contributed by atoms with E-state index < -0.39 is 5.97 Å². The molecule has 0 aliphatic rings. The first-order valence-electron chi connectivity index (χ1n) is 5.65. The molecule has 94 valence electrons. The fraction of sp³-hybridized carbons (Fsp3) is 0.231. The summed E-state index contributed by atoms with van der Waals surface area (Å²) >= 11 is 0. The van der Waals surface area contributed by atoms with Crippen LogP contribution in [0.2, 0.25) is 0 Å². The van der Waals surface area contributed by atoms with E-state index in [0.29, 0.717) is 18.1 Å². The molecule has 1 aromatic heterocycles. The zero-order chi connectivity index (χ0) is 13.1. The number of nitrogens with zero attached hydrogens (tertiary/aromatic N) is 1. The molecule has 0 unspecified atom stereocenters. The van der Waals surface area contributed by atoms with Crippen LogP contribution in [0.4, 0.5) is 0 Å². The number of imidazole rings is 1. The van der Waals surface area contributed by atoms with Gasteiger partial charge in [0.05, 0.1) is 6.61 Å². The molecule has 1 heterocycles. The molecule has 0 aliphatic heterocycles. The van der Waals surface area contributed by atoms with E-state index >= 15 is 0 Å². The molecule has 0 saturated carbocycles. The van der Waals surface area contributed by atoms with Crippen LogP contribution < -0.4 is 4.74 Å². The van der Waals surface area contributed by atoms with Crippen LogP contribution in [-0.4, -0.2) is 27.7 Å². The molecule has 2 rings (SSSR count). The van der Waals surface area contributed by atoms with Gasteiger partial charge in [0.2, 0.25) is 0 Å². The van der Waals surface area contributed by atoms with Gasteiger partial charge in [-0.15, -0.1) is 0 Å². The van der Waals surface area contributed by atoms with E-state index in [1.54, 1.807) is 6.92 Å². The summed E-state index contributed by atoms with van der Waals surface area (Å²) in [5, 5.41) is 8.96. The molecule has 0 fully saturated rings. The van der Waals surface area contributed by atoms with E-state index in [2.05, 4.69) is 9.97 Å². The van der Waals surface area contributed by atoms with Crippen LogP contribution in [0.15, 0.2) is 24.3 Å². The second-order valence-corrected chi connectivity index (χ2v) is 3.83. The smallest absolute Gasteiger partial charge is 0.356 e. The summed E-state index contributed by atoms with van der Waals surface area (Å²) in [6.45, 7) is 4.18. The predicted molar refractivity (Wildman–Crippen MR) is 66.9 cm³/mol. The fourth-order valence-electron chi connectivity index (χ4n) is 1.71. The number of hydrogen-bond donors (Lipinski definition) is 2. The number of benzene rings is 1. The number of rotatable bonds is 4. The molecule has 0 spiro atoms. The summed E-state index contributed by atoms with van der Waals surface area (Å²) in [4.78, 5) is 18.0. The molecule has 5 heteroatoms. The Balaban J connectivity index is 2.39. The van der Waals surface area contributed by atoms with Crippen molar-refractivity contribution in [2.45, 2.75) is 13.8 Å². The topological polar surface area (TPSA) is 75.2 Å². The first-order valence-corrected chi connectivity index (χ1v) is 5.65. The first kappa shape index (κ1) is 12.2. The lowest BCUT2D eigenvalue weighted by Crippen LogP contribution is -1.98. The van der Waals surface area contributed by atoms with Crippen LogP contribution in [-0.2, 0) is 0 Å². The molecule has 0 bridgehead atoms. The minimum Gasteiger partial charge on any atom is -0.494 e. The van der Waals surface area contributed by atoms with Crippen LogP contribution in [0.1, 0.15) is 23.1 Å². The van der Waals surface area contributed by atoms with Crippen LogP contribution in [0.3, 0.4) is 0 Å². The standard InChI is InChI=1S/C13H14N2O3/c1-3-18-10-6-4-5-9(7-10)12-14-8(2)11(15-12)13(16)17/h4-7H,3H2,1-2H3,(H,14,15)(H,16,17). The summed E-state index contributed by atoms with van der Waals surface area (Å²) in [6.07, 6.45) is 0. The number of aromatic nitrogens is 2. The summed E-state index contributed by atoms with van der Waals surface area (Å²) in [6, 6.07) is 7.37. The molecule has 5 nitrogen and oxygen atoms in total. The number of carboxylic acid groups (broad SMARTS) is 1. The molecule has 1 aromatic carbocycles. The van der Waals surface area contributed by atoms with Gasteiger partial charge in [0, 0.05) is 11.3 Å². The van der Waals surface area contributed by atoms with Crippen LogP contribution >= 0.6 is 0 Å². The third kappa shape index (κ3) is 2.34. The second-order valence-electron chi connectivity index (χ2n) is 3.83. The average molecular weight is 246 g/mol. The summed E-state index contributed by atoms with van der Waals surface area (Å²) in [7, 11) is 0. The second kappa shape index (κ2) is 4.91. The minimum absolute atomic E-state index is 0.0480. The first-order chi connectivity index (χ1) is 8.61. The Morgan fingerprint density at radius 2 is 2.28 bits per heavy atom. The maximum atomic E-state index is 10.9. The van der Waals surface area contributed by atoms with Gasteiger partial charge in [0.25, 0.3) is 0 Å². The quantitative estimate of drug-likeness (QED) is 0.869.